The molecule has 1 aromatic heterocycles. The number of carbonyl (C=O) groups is 1. The fraction of sp³-hybridized carbons (Fsp3) is 0.286. The first-order valence-corrected chi connectivity index (χ1v) is 11.2. The van der Waals surface area contributed by atoms with Crippen LogP contribution in [0.25, 0.3) is 11.5 Å². The normalized spacial score (nSPS) is 17.1. The second kappa shape index (κ2) is 8.20. The number of carbonyl (C=O) groups excluding carboxylic acids is 1. The fourth-order valence-electron chi connectivity index (χ4n) is 3.66. The Morgan fingerprint density at radius 1 is 1.16 bits per heavy atom. The number of anilines is 1. The van der Waals surface area contributed by atoms with Crippen LogP contribution in [0.4, 0.5) is 10.4 Å². The van der Waals surface area contributed by atoms with Crippen molar-refractivity contribution in [3.63, 3.8) is 0 Å². The Morgan fingerprint density at radius 3 is 2.61 bits per heavy atom. The van der Waals surface area contributed by atoms with Crippen LogP contribution in [-0.4, -0.2) is 41.4 Å². The highest BCUT2D eigenvalue weighted by Gasteiger charge is 2.40. The lowest BCUT2D eigenvalue weighted by atomic mass is 10.1. The molecule has 0 bridgehead atoms. The summed E-state index contributed by atoms with van der Waals surface area (Å²) in [4.78, 5) is 12.7. The molecular formula is C21H21FN4O4S. The molecule has 0 aliphatic carbocycles. The van der Waals surface area contributed by atoms with Crippen molar-refractivity contribution in [1.82, 2.24) is 14.5 Å². The minimum absolute atomic E-state index is 0.0662. The Hall–Kier alpha value is -3.11. The van der Waals surface area contributed by atoms with Gasteiger partial charge in [-0.05, 0) is 62.6 Å². The molecular weight excluding hydrogens is 423 g/mol. The van der Waals surface area contributed by atoms with Crippen molar-refractivity contribution in [1.29, 1.82) is 0 Å². The summed E-state index contributed by atoms with van der Waals surface area (Å²) in [5.41, 5.74) is 2.80. The van der Waals surface area contributed by atoms with Crippen LogP contribution in [0.2, 0.25) is 0 Å². The third-order valence-corrected chi connectivity index (χ3v) is 7.12. The van der Waals surface area contributed by atoms with Crippen molar-refractivity contribution in [2.75, 3.05) is 11.9 Å². The molecule has 4 rings (SSSR count). The lowest BCUT2D eigenvalue weighted by Gasteiger charge is -2.22. The summed E-state index contributed by atoms with van der Waals surface area (Å²) < 4.78 is 45.7. The first-order valence-electron chi connectivity index (χ1n) is 9.75. The van der Waals surface area contributed by atoms with Gasteiger partial charge in [0.25, 0.3) is 0 Å². The van der Waals surface area contributed by atoms with Crippen LogP contribution in [0.1, 0.15) is 24.0 Å². The Kier molecular flexibility index (Phi) is 5.59. The number of halogens is 1. The molecule has 8 nitrogen and oxygen atoms in total. The molecule has 1 aliphatic heterocycles. The average molecular weight is 444 g/mol. The van der Waals surface area contributed by atoms with E-state index in [-0.39, 0.29) is 23.3 Å². The van der Waals surface area contributed by atoms with E-state index in [1.807, 2.05) is 32.0 Å². The lowest BCUT2D eigenvalue weighted by Crippen LogP contribution is -2.43. The van der Waals surface area contributed by atoms with Crippen LogP contribution in [0.3, 0.4) is 0 Å². The van der Waals surface area contributed by atoms with Gasteiger partial charge in [0.2, 0.25) is 21.8 Å². The third kappa shape index (κ3) is 4.21. The van der Waals surface area contributed by atoms with Crippen molar-refractivity contribution in [3.8, 4) is 11.5 Å². The molecule has 1 fully saturated rings. The number of hydrogen-bond acceptors (Lipinski definition) is 6. The van der Waals surface area contributed by atoms with Gasteiger partial charge in [-0.3, -0.25) is 10.1 Å². The smallest absolute Gasteiger partial charge is 0.322 e. The number of amides is 1. The molecule has 3 aromatic rings. The molecule has 1 unspecified atom stereocenters. The zero-order valence-corrected chi connectivity index (χ0v) is 17.8. The van der Waals surface area contributed by atoms with Crippen LogP contribution in [-0.2, 0) is 14.8 Å². The summed E-state index contributed by atoms with van der Waals surface area (Å²) in [5.74, 6) is -0.834. The van der Waals surface area contributed by atoms with Crippen LogP contribution < -0.4 is 5.32 Å². The minimum atomic E-state index is -3.95. The van der Waals surface area contributed by atoms with E-state index in [1.165, 1.54) is 12.1 Å². The number of benzene rings is 2. The number of nitrogens with zero attached hydrogens (tertiary/aromatic N) is 3. The van der Waals surface area contributed by atoms with Crippen molar-refractivity contribution in [2.45, 2.75) is 37.6 Å². The van der Waals surface area contributed by atoms with E-state index in [9.17, 15) is 17.6 Å². The molecule has 1 aliphatic rings. The van der Waals surface area contributed by atoms with Gasteiger partial charge in [0.15, 0.2) is 0 Å². The zero-order valence-electron chi connectivity index (χ0n) is 17.0. The summed E-state index contributed by atoms with van der Waals surface area (Å²) in [7, 11) is -3.95. The van der Waals surface area contributed by atoms with Gasteiger partial charge in [-0.25, -0.2) is 12.8 Å². The second-order valence-electron chi connectivity index (χ2n) is 7.45. The maximum atomic E-state index is 13.2. The van der Waals surface area contributed by atoms with Crippen LogP contribution in [0.5, 0.6) is 0 Å². The van der Waals surface area contributed by atoms with Crippen molar-refractivity contribution >= 4 is 21.9 Å². The van der Waals surface area contributed by atoms with E-state index >= 15 is 0 Å². The fourth-order valence-corrected chi connectivity index (χ4v) is 5.31. The summed E-state index contributed by atoms with van der Waals surface area (Å²) in [6.07, 6.45) is 0.875. The molecule has 2 aromatic carbocycles. The number of aryl methyl sites for hydroxylation is 2. The van der Waals surface area contributed by atoms with Gasteiger partial charge in [-0.2, -0.15) is 4.31 Å². The Balaban J connectivity index is 1.52. The molecule has 1 saturated heterocycles. The minimum Gasteiger partial charge on any atom is -0.403 e. The molecule has 162 valence electrons. The van der Waals surface area contributed by atoms with Gasteiger partial charge in [-0.1, -0.05) is 22.8 Å². The van der Waals surface area contributed by atoms with Gasteiger partial charge in [0, 0.05) is 12.1 Å². The quantitative estimate of drug-likeness (QED) is 0.647. The van der Waals surface area contributed by atoms with Crippen molar-refractivity contribution < 1.29 is 22.0 Å². The maximum absolute atomic E-state index is 13.2. The van der Waals surface area contributed by atoms with E-state index in [4.69, 9.17) is 4.42 Å². The van der Waals surface area contributed by atoms with Crippen molar-refractivity contribution in [3.05, 3.63) is 59.4 Å². The van der Waals surface area contributed by atoms with Crippen LogP contribution >= 0.6 is 0 Å². The molecule has 0 saturated carbocycles. The number of rotatable bonds is 5. The van der Waals surface area contributed by atoms with Crippen LogP contribution in [0.15, 0.2) is 51.8 Å². The number of nitrogens with one attached hydrogen (secondary N) is 1. The number of sulfonamides is 1. The summed E-state index contributed by atoms with van der Waals surface area (Å²) >= 11 is 0. The molecule has 1 amide bonds. The average Bonchev–Trinajstić information content (AvgIpc) is 3.38. The second-order valence-corrected chi connectivity index (χ2v) is 9.34. The van der Waals surface area contributed by atoms with E-state index in [2.05, 4.69) is 15.5 Å². The van der Waals surface area contributed by atoms with E-state index in [0.717, 1.165) is 33.1 Å². The highest BCUT2D eigenvalue weighted by atomic mass is 32.2. The first kappa shape index (κ1) is 21.1. The summed E-state index contributed by atoms with van der Waals surface area (Å²) in [5, 5.41) is 10.4. The van der Waals surface area contributed by atoms with Gasteiger partial charge in [-0.15, -0.1) is 5.10 Å². The Labute approximate surface area is 179 Å². The molecule has 0 radical (unpaired) electrons. The van der Waals surface area contributed by atoms with Gasteiger partial charge >= 0.3 is 6.01 Å². The molecule has 0 spiro atoms. The molecule has 2 heterocycles. The number of hydrogen-bond donors (Lipinski definition) is 1. The predicted octanol–water partition coefficient (Wildman–Crippen LogP) is 3.28. The number of aromatic nitrogens is 2. The van der Waals surface area contributed by atoms with Gasteiger partial charge in [0.1, 0.15) is 11.9 Å². The Morgan fingerprint density at radius 2 is 1.90 bits per heavy atom. The zero-order chi connectivity index (χ0) is 22.2. The molecule has 1 atom stereocenters. The first-order chi connectivity index (χ1) is 14.8. The standard InChI is InChI=1S/C21H21FN4O4S/c1-13-5-10-17(14(2)12-13)20-24-25-21(30-20)23-19(27)18-4-3-11-26(18)31(28,29)16-8-6-15(22)7-9-16/h5-10,12,18H,3-4,11H2,1-2H3,(H,23,25,27). The highest BCUT2D eigenvalue weighted by Crippen LogP contribution is 2.28. The van der Waals surface area contributed by atoms with Crippen molar-refractivity contribution in [2.24, 2.45) is 0 Å². The Bertz CT molecular complexity index is 1220. The topological polar surface area (TPSA) is 105 Å². The monoisotopic (exact) mass is 444 g/mol. The third-order valence-electron chi connectivity index (χ3n) is 5.19. The van der Waals surface area contributed by atoms with E-state index in [1.54, 1.807) is 0 Å². The SMILES string of the molecule is Cc1ccc(-c2nnc(NC(=O)C3CCCN3S(=O)(=O)c3ccc(F)cc3)o2)c(C)c1. The summed E-state index contributed by atoms with van der Waals surface area (Å²) in [6, 6.07) is 9.25. The van der Waals surface area contributed by atoms with Crippen LogP contribution in [0, 0.1) is 19.7 Å². The molecule has 10 heteroatoms. The lowest BCUT2D eigenvalue weighted by molar-refractivity contribution is -0.119. The molecule has 1 N–H and O–H groups in total. The van der Waals surface area contributed by atoms with E-state index < -0.39 is 27.8 Å². The highest BCUT2D eigenvalue weighted by molar-refractivity contribution is 7.89. The maximum Gasteiger partial charge on any atom is 0.322 e. The van der Waals surface area contributed by atoms with Gasteiger partial charge in [0.05, 0.1) is 4.90 Å². The van der Waals surface area contributed by atoms with Gasteiger partial charge < -0.3 is 4.42 Å². The summed E-state index contributed by atoms with van der Waals surface area (Å²) in [6.45, 7) is 4.08. The van der Waals surface area contributed by atoms with E-state index in [0.29, 0.717) is 12.8 Å². The predicted molar refractivity (Wildman–Crippen MR) is 111 cm³/mol. The molecule has 31 heavy (non-hydrogen) atoms. The largest absolute Gasteiger partial charge is 0.403 e.